The van der Waals surface area contributed by atoms with E-state index in [1.54, 1.807) is 10.7 Å². The molecular weight excluding hydrogens is 237 g/mol. The Balaban J connectivity index is 1.83. The van der Waals surface area contributed by atoms with Crippen molar-refractivity contribution in [3.05, 3.63) is 35.8 Å². The topological polar surface area (TPSA) is 67.1 Å². The first kappa shape index (κ1) is 11.1. The normalized spacial score (nSPS) is 14.7. The van der Waals surface area contributed by atoms with Crippen LogP contribution >= 0.6 is 0 Å². The Morgan fingerprint density at radius 2 is 2.22 bits per heavy atom. The minimum atomic E-state index is -0.346. The Bertz CT molecular complexity index is 553. The summed E-state index contributed by atoms with van der Waals surface area (Å²) in [5.41, 5.74) is 0. The molecule has 1 N–H and O–H groups in total. The number of hydrogen-bond donors (Lipinski definition) is 1. The Hall–Kier alpha value is -2.02. The largest absolute Gasteiger partial charge is 0.388 e. The average molecular weight is 249 g/mol. The van der Waals surface area contributed by atoms with Gasteiger partial charge in [0.2, 0.25) is 0 Å². The molecule has 7 heteroatoms. The molecular formula is C11H12FN5O. The van der Waals surface area contributed by atoms with Crippen molar-refractivity contribution in [2.75, 3.05) is 11.4 Å². The van der Waals surface area contributed by atoms with Gasteiger partial charge in [0.25, 0.3) is 0 Å². The molecule has 2 aromatic rings. The van der Waals surface area contributed by atoms with E-state index in [2.05, 4.69) is 15.1 Å². The van der Waals surface area contributed by atoms with E-state index in [4.69, 9.17) is 5.11 Å². The van der Waals surface area contributed by atoms with Gasteiger partial charge in [-0.2, -0.15) is 5.10 Å². The maximum absolute atomic E-state index is 12.8. The summed E-state index contributed by atoms with van der Waals surface area (Å²) in [4.78, 5) is 10.3. The number of aromatic nitrogens is 4. The van der Waals surface area contributed by atoms with Gasteiger partial charge >= 0.3 is 0 Å². The first-order valence-corrected chi connectivity index (χ1v) is 5.66. The lowest BCUT2D eigenvalue weighted by atomic mass is 10.3. The van der Waals surface area contributed by atoms with Gasteiger partial charge in [0.15, 0.2) is 5.82 Å². The SMILES string of the molecule is OCc1nc2n(n1)CCN(c1ccc(F)cn1)C2. The highest BCUT2D eigenvalue weighted by Crippen LogP contribution is 2.17. The van der Waals surface area contributed by atoms with Crippen molar-refractivity contribution < 1.29 is 9.50 Å². The van der Waals surface area contributed by atoms with Crippen LogP contribution in [0.1, 0.15) is 11.6 Å². The molecule has 1 aliphatic heterocycles. The summed E-state index contributed by atoms with van der Waals surface area (Å²) in [7, 11) is 0. The van der Waals surface area contributed by atoms with Crippen molar-refractivity contribution in [1.82, 2.24) is 19.7 Å². The average Bonchev–Trinajstić information content (AvgIpc) is 2.81. The highest BCUT2D eigenvalue weighted by atomic mass is 19.1. The third-order valence-corrected chi connectivity index (χ3v) is 2.88. The van der Waals surface area contributed by atoms with Crippen LogP contribution in [0.3, 0.4) is 0 Å². The second-order valence-electron chi connectivity index (χ2n) is 4.08. The van der Waals surface area contributed by atoms with Crippen molar-refractivity contribution in [2.45, 2.75) is 19.7 Å². The van der Waals surface area contributed by atoms with Gasteiger partial charge < -0.3 is 10.0 Å². The van der Waals surface area contributed by atoms with Gasteiger partial charge in [0.1, 0.15) is 24.1 Å². The van der Waals surface area contributed by atoms with E-state index < -0.39 is 0 Å². The fourth-order valence-electron chi connectivity index (χ4n) is 2.00. The van der Waals surface area contributed by atoms with E-state index in [9.17, 15) is 4.39 Å². The van der Waals surface area contributed by atoms with Crippen LogP contribution < -0.4 is 4.90 Å². The van der Waals surface area contributed by atoms with Crippen molar-refractivity contribution >= 4 is 5.82 Å². The number of fused-ring (bicyclic) bond motifs is 1. The second kappa shape index (κ2) is 4.34. The van der Waals surface area contributed by atoms with E-state index in [0.717, 1.165) is 18.2 Å². The molecule has 0 radical (unpaired) electrons. The third-order valence-electron chi connectivity index (χ3n) is 2.88. The second-order valence-corrected chi connectivity index (χ2v) is 4.08. The highest BCUT2D eigenvalue weighted by Gasteiger charge is 2.20. The molecule has 6 nitrogen and oxygen atoms in total. The van der Waals surface area contributed by atoms with Crippen LogP contribution in [0.5, 0.6) is 0 Å². The molecule has 0 saturated carbocycles. The van der Waals surface area contributed by atoms with E-state index in [1.807, 2.05) is 4.90 Å². The fourth-order valence-corrected chi connectivity index (χ4v) is 2.00. The van der Waals surface area contributed by atoms with Crippen LogP contribution in [0.15, 0.2) is 18.3 Å². The summed E-state index contributed by atoms with van der Waals surface area (Å²) in [6.45, 7) is 1.82. The molecule has 0 bridgehead atoms. The highest BCUT2D eigenvalue weighted by molar-refractivity contribution is 5.38. The number of aliphatic hydroxyl groups is 1. The molecule has 0 atom stereocenters. The van der Waals surface area contributed by atoms with Crippen molar-refractivity contribution in [1.29, 1.82) is 0 Å². The standard InChI is InChI=1S/C11H12FN5O/c12-8-1-2-10(13-5-8)16-3-4-17-11(6-16)14-9(7-18)15-17/h1-2,5,18H,3-4,6-7H2. The number of hydrogen-bond acceptors (Lipinski definition) is 5. The molecule has 94 valence electrons. The Labute approximate surface area is 103 Å². The lowest BCUT2D eigenvalue weighted by Crippen LogP contribution is -2.34. The van der Waals surface area contributed by atoms with Crippen LogP contribution in [0, 0.1) is 5.82 Å². The van der Waals surface area contributed by atoms with Crippen LogP contribution in [0.2, 0.25) is 0 Å². The zero-order valence-electron chi connectivity index (χ0n) is 9.62. The number of rotatable bonds is 2. The Morgan fingerprint density at radius 1 is 1.33 bits per heavy atom. The summed E-state index contributed by atoms with van der Waals surface area (Å²) in [5.74, 6) is 1.59. The first-order valence-electron chi connectivity index (χ1n) is 5.66. The Morgan fingerprint density at radius 3 is 2.94 bits per heavy atom. The number of pyridine rings is 1. The number of anilines is 1. The zero-order valence-corrected chi connectivity index (χ0v) is 9.62. The summed E-state index contributed by atoms with van der Waals surface area (Å²) < 4.78 is 14.6. The molecule has 18 heavy (non-hydrogen) atoms. The molecule has 0 aliphatic carbocycles. The molecule has 0 amide bonds. The fraction of sp³-hybridized carbons (Fsp3) is 0.364. The smallest absolute Gasteiger partial charge is 0.176 e. The van der Waals surface area contributed by atoms with Crippen molar-refractivity contribution in [3.63, 3.8) is 0 Å². The minimum absolute atomic E-state index is 0.158. The maximum Gasteiger partial charge on any atom is 0.176 e. The van der Waals surface area contributed by atoms with Gasteiger partial charge in [-0.25, -0.2) is 19.0 Å². The van der Waals surface area contributed by atoms with Crippen LogP contribution in [-0.2, 0) is 19.7 Å². The van der Waals surface area contributed by atoms with Gasteiger partial charge in [0.05, 0.1) is 19.3 Å². The maximum atomic E-state index is 12.8. The van der Waals surface area contributed by atoms with Crippen molar-refractivity contribution in [2.24, 2.45) is 0 Å². The number of halogens is 1. The van der Waals surface area contributed by atoms with Gasteiger partial charge in [-0.3, -0.25) is 0 Å². The van der Waals surface area contributed by atoms with E-state index in [1.165, 1.54) is 12.3 Å². The van der Waals surface area contributed by atoms with Crippen molar-refractivity contribution in [3.8, 4) is 0 Å². The molecule has 0 fully saturated rings. The van der Waals surface area contributed by atoms with E-state index in [0.29, 0.717) is 18.9 Å². The molecule has 1 aliphatic rings. The van der Waals surface area contributed by atoms with Gasteiger partial charge in [0, 0.05) is 6.54 Å². The predicted molar refractivity (Wildman–Crippen MR) is 61.2 cm³/mol. The van der Waals surface area contributed by atoms with Crippen LogP contribution in [0.4, 0.5) is 10.2 Å². The summed E-state index contributed by atoms with van der Waals surface area (Å²) in [6, 6.07) is 3.04. The predicted octanol–water partition coefficient (Wildman–Crippen LogP) is 0.325. The van der Waals surface area contributed by atoms with E-state index in [-0.39, 0.29) is 12.4 Å². The Kier molecular flexibility index (Phi) is 2.67. The number of nitrogens with zero attached hydrogens (tertiary/aromatic N) is 5. The minimum Gasteiger partial charge on any atom is -0.388 e. The van der Waals surface area contributed by atoms with Crippen LogP contribution in [-0.4, -0.2) is 31.4 Å². The quantitative estimate of drug-likeness (QED) is 0.830. The summed E-state index contributed by atoms with van der Waals surface area (Å²) in [6.07, 6.45) is 1.20. The molecule has 2 aromatic heterocycles. The van der Waals surface area contributed by atoms with Gasteiger partial charge in [-0.05, 0) is 12.1 Å². The monoisotopic (exact) mass is 249 g/mol. The summed E-state index contributed by atoms with van der Waals surface area (Å²) in [5, 5.41) is 13.2. The molecule has 3 rings (SSSR count). The molecule has 0 unspecified atom stereocenters. The van der Waals surface area contributed by atoms with Gasteiger partial charge in [-0.1, -0.05) is 0 Å². The molecule has 0 saturated heterocycles. The van der Waals surface area contributed by atoms with E-state index >= 15 is 0 Å². The van der Waals surface area contributed by atoms with Gasteiger partial charge in [-0.15, -0.1) is 0 Å². The summed E-state index contributed by atoms with van der Waals surface area (Å²) >= 11 is 0. The molecule has 3 heterocycles. The molecule has 0 aromatic carbocycles. The molecule has 0 spiro atoms. The number of aliphatic hydroxyl groups excluding tert-OH is 1. The lowest BCUT2D eigenvalue weighted by molar-refractivity contribution is 0.270. The first-order chi connectivity index (χ1) is 8.76. The lowest BCUT2D eigenvalue weighted by Gasteiger charge is -2.27. The van der Waals surface area contributed by atoms with Crippen LogP contribution in [0.25, 0.3) is 0 Å². The zero-order chi connectivity index (χ0) is 12.5. The third kappa shape index (κ3) is 1.92.